The second-order valence-corrected chi connectivity index (χ2v) is 2.90. The van der Waals surface area contributed by atoms with Crippen molar-refractivity contribution in [2.75, 3.05) is 6.54 Å². The molecule has 1 aromatic rings. The van der Waals surface area contributed by atoms with Gasteiger partial charge in [-0.15, -0.1) is 0 Å². The van der Waals surface area contributed by atoms with Crippen molar-refractivity contribution in [2.24, 2.45) is 0 Å². The van der Waals surface area contributed by atoms with E-state index in [0.717, 1.165) is 23.4 Å². The molecule has 1 aromatic carbocycles. The lowest BCUT2D eigenvalue weighted by Crippen LogP contribution is -2.16. The fourth-order valence-electron chi connectivity index (χ4n) is 0.963. The van der Waals surface area contributed by atoms with E-state index in [2.05, 4.69) is 12.1 Å². The number of benzene rings is 1. The summed E-state index contributed by atoms with van der Waals surface area (Å²) in [5.41, 5.74) is 5.00. The number of rotatable bonds is 4. The van der Waals surface area contributed by atoms with Crippen molar-refractivity contribution in [3.63, 3.8) is 0 Å². The Morgan fingerprint density at radius 3 is 2.46 bits per heavy atom. The van der Waals surface area contributed by atoms with Crippen LogP contribution in [0.1, 0.15) is 19.4 Å². The Bertz CT molecular complexity index is 277. The first-order valence-electron chi connectivity index (χ1n) is 4.39. The molecule has 1 N–H and O–H groups in total. The highest BCUT2D eigenvalue weighted by molar-refractivity contribution is 5.61. The van der Waals surface area contributed by atoms with Crippen molar-refractivity contribution in [1.29, 1.82) is 0 Å². The van der Waals surface area contributed by atoms with Crippen LogP contribution in [-0.4, -0.2) is 6.54 Å². The Morgan fingerprint density at radius 2 is 2.00 bits per heavy atom. The van der Waals surface area contributed by atoms with Gasteiger partial charge in [0, 0.05) is 6.54 Å². The van der Waals surface area contributed by atoms with Crippen molar-refractivity contribution in [2.45, 2.75) is 13.8 Å². The topological polar surface area (TPSA) is 21.3 Å². The summed E-state index contributed by atoms with van der Waals surface area (Å²) >= 11 is 0. The molecule has 0 saturated heterocycles. The van der Waals surface area contributed by atoms with Crippen LogP contribution >= 0.6 is 0 Å². The normalized spacial score (nSPS) is 9.69. The molecule has 0 amide bonds. The zero-order valence-corrected chi connectivity index (χ0v) is 8.13. The summed E-state index contributed by atoms with van der Waals surface area (Å²) in [6.45, 7) is 8.63. The van der Waals surface area contributed by atoms with E-state index in [1.807, 2.05) is 38.1 Å². The van der Waals surface area contributed by atoms with Crippen LogP contribution in [0.2, 0.25) is 0 Å². The van der Waals surface area contributed by atoms with Gasteiger partial charge in [0.1, 0.15) is 5.75 Å². The molecule has 0 aliphatic rings. The molecule has 0 aliphatic carbocycles. The Balaban J connectivity index is 2.64. The molecule has 13 heavy (non-hydrogen) atoms. The van der Waals surface area contributed by atoms with Gasteiger partial charge in [0.05, 0.1) is 0 Å². The van der Waals surface area contributed by atoms with Gasteiger partial charge in [-0.25, -0.2) is 0 Å². The monoisotopic (exact) mass is 177 g/mol. The maximum Gasteiger partial charge on any atom is 0.147 e. The quantitative estimate of drug-likeness (QED) is 0.714. The minimum Gasteiger partial charge on any atom is -0.409 e. The molecule has 0 fully saturated rings. The van der Waals surface area contributed by atoms with E-state index in [-0.39, 0.29) is 0 Å². The van der Waals surface area contributed by atoms with E-state index in [1.54, 1.807) is 0 Å². The SMILES string of the molecule is C=C(C)c1ccc(ONCC)cc1. The predicted molar refractivity (Wildman–Crippen MR) is 55.5 cm³/mol. The first kappa shape index (κ1) is 9.81. The van der Waals surface area contributed by atoms with E-state index in [9.17, 15) is 0 Å². The van der Waals surface area contributed by atoms with Crippen LogP contribution in [0.25, 0.3) is 5.57 Å². The number of hydrogen-bond acceptors (Lipinski definition) is 2. The van der Waals surface area contributed by atoms with Crippen molar-refractivity contribution < 1.29 is 4.84 Å². The second-order valence-electron chi connectivity index (χ2n) is 2.90. The maximum atomic E-state index is 5.21. The molecule has 0 heterocycles. The van der Waals surface area contributed by atoms with E-state index < -0.39 is 0 Å². The minimum absolute atomic E-state index is 0.794. The Hall–Kier alpha value is -1.28. The lowest BCUT2D eigenvalue weighted by Gasteiger charge is -2.05. The Labute approximate surface area is 79.2 Å². The third-order valence-corrected chi connectivity index (χ3v) is 1.68. The Kier molecular flexibility index (Phi) is 3.53. The molecule has 0 radical (unpaired) electrons. The predicted octanol–water partition coefficient (Wildman–Crippen LogP) is 2.62. The molecule has 0 aromatic heterocycles. The summed E-state index contributed by atoms with van der Waals surface area (Å²) in [4.78, 5) is 5.21. The number of hydrogen-bond donors (Lipinski definition) is 1. The van der Waals surface area contributed by atoms with Crippen molar-refractivity contribution in [3.05, 3.63) is 36.4 Å². The van der Waals surface area contributed by atoms with Crippen LogP contribution in [0, 0.1) is 0 Å². The van der Waals surface area contributed by atoms with Crippen LogP contribution in [0.5, 0.6) is 5.75 Å². The fourth-order valence-corrected chi connectivity index (χ4v) is 0.963. The molecule has 70 valence electrons. The molecule has 0 bridgehead atoms. The molecule has 0 saturated carbocycles. The lowest BCUT2D eigenvalue weighted by atomic mass is 10.1. The van der Waals surface area contributed by atoms with Crippen molar-refractivity contribution in [3.8, 4) is 5.75 Å². The summed E-state index contributed by atoms with van der Waals surface area (Å²) in [7, 11) is 0. The summed E-state index contributed by atoms with van der Waals surface area (Å²) < 4.78 is 0. The van der Waals surface area contributed by atoms with Crippen molar-refractivity contribution in [1.82, 2.24) is 5.48 Å². The number of hydroxylamine groups is 1. The van der Waals surface area contributed by atoms with Gasteiger partial charge in [0.2, 0.25) is 0 Å². The summed E-state index contributed by atoms with van der Waals surface area (Å²) in [5.74, 6) is 0.826. The van der Waals surface area contributed by atoms with Crippen LogP contribution in [-0.2, 0) is 0 Å². The van der Waals surface area contributed by atoms with E-state index >= 15 is 0 Å². The van der Waals surface area contributed by atoms with Crippen LogP contribution in [0.15, 0.2) is 30.8 Å². The van der Waals surface area contributed by atoms with E-state index in [4.69, 9.17) is 4.84 Å². The molecular formula is C11H15NO. The van der Waals surface area contributed by atoms with Crippen LogP contribution in [0.4, 0.5) is 0 Å². The van der Waals surface area contributed by atoms with Crippen molar-refractivity contribution >= 4 is 5.57 Å². The molecule has 0 atom stereocenters. The standard InChI is InChI=1S/C11H15NO/c1-4-12-13-11-7-5-10(6-8-11)9(2)3/h5-8,12H,2,4H2,1,3H3. The highest BCUT2D eigenvalue weighted by Gasteiger charge is 1.94. The van der Waals surface area contributed by atoms with Gasteiger partial charge < -0.3 is 4.84 Å². The highest BCUT2D eigenvalue weighted by atomic mass is 16.6. The zero-order valence-electron chi connectivity index (χ0n) is 8.13. The third-order valence-electron chi connectivity index (χ3n) is 1.68. The lowest BCUT2D eigenvalue weighted by molar-refractivity contribution is 0.202. The second kappa shape index (κ2) is 4.67. The van der Waals surface area contributed by atoms with Crippen LogP contribution < -0.4 is 10.3 Å². The number of nitrogens with one attached hydrogen (secondary N) is 1. The van der Waals surface area contributed by atoms with Crippen LogP contribution in [0.3, 0.4) is 0 Å². The van der Waals surface area contributed by atoms with Gasteiger partial charge in [-0.05, 0) is 31.5 Å². The maximum absolute atomic E-state index is 5.21. The molecular weight excluding hydrogens is 162 g/mol. The Morgan fingerprint density at radius 1 is 1.38 bits per heavy atom. The van der Waals surface area contributed by atoms with E-state index in [0.29, 0.717) is 0 Å². The third kappa shape index (κ3) is 2.92. The van der Waals surface area contributed by atoms with Gasteiger partial charge in [-0.2, -0.15) is 5.48 Å². The molecule has 0 spiro atoms. The molecule has 2 heteroatoms. The summed E-state index contributed by atoms with van der Waals surface area (Å²) in [6.07, 6.45) is 0. The fraction of sp³-hybridized carbons (Fsp3) is 0.273. The minimum atomic E-state index is 0.794. The summed E-state index contributed by atoms with van der Waals surface area (Å²) in [6, 6.07) is 7.84. The zero-order chi connectivity index (χ0) is 9.68. The van der Waals surface area contributed by atoms with Gasteiger partial charge in [0.15, 0.2) is 0 Å². The number of allylic oxidation sites excluding steroid dienone is 1. The average molecular weight is 177 g/mol. The summed E-state index contributed by atoms with van der Waals surface area (Å²) in [5, 5.41) is 0. The highest BCUT2D eigenvalue weighted by Crippen LogP contribution is 2.16. The van der Waals surface area contributed by atoms with E-state index in [1.165, 1.54) is 0 Å². The van der Waals surface area contributed by atoms with Gasteiger partial charge in [-0.3, -0.25) is 0 Å². The molecule has 1 rings (SSSR count). The van der Waals surface area contributed by atoms with Gasteiger partial charge in [0.25, 0.3) is 0 Å². The van der Waals surface area contributed by atoms with Gasteiger partial charge in [-0.1, -0.05) is 24.3 Å². The first-order chi connectivity index (χ1) is 6.24. The van der Waals surface area contributed by atoms with Gasteiger partial charge >= 0.3 is 0 Å². The molecule has 2 nitrogen and oxygen atoms in total. The molecule has 0 unspecified atom stereocenters. The first-order valence-corrected chi connectivity index (χ1v) is 4.39. The largest absolute Gasteiger partial charge is 0.409 e. The smallest absolute Gasteiger partial charge is 0.147 e. The molecule has 0 aliphatic heterocycles. The average Bonchev–Trinajstić information content (AvgIpc) is 2.15.